The van der Waals surface area contributed by atoms with Crippen molar-refractivity contribution in [2.24, 2.45) is 0 Å². The van der Waals surface area contributed by atoms with Crippen LogP contribution in [0.5, 0.6) is 0 Å². The van der Waals surface area contributed by atoms with Crippen molar-refractivity contribution in [1.29, 1.82) is 0 Å². The second-order valence-electron chi connectivity index (χ2n) is 4.31. The van der Waals surface area contributed by atoms with Crippen molar-refractivity contribution < 1.29 is 13.2 Å². The van der Waals surface area contributed by atoms with Gasteiger partial charge in [-0.25, -0.2) is 8.42 Å². The van der Waals surface area contributed by atoms with Gasteiger partial charge in [0.15, 0.2) is 9.84 Å². The van der Waals surface area contributed by atoms with E-state index in [2.05, 4.69) is 5.32 Å². The third kappa shape index (κ3) is 2.70. The van der Waals surface area contributed by atoms with E-state index in [0.717, 1.165) is 11.0 Å². The Morgan fingerprint density at radius 2 is 2.17 bits per heavy atom. The molecule has 1 atom stereocenters. The summed E-state index contributed by atoms with van der Waals surface area (Å²) in [7, 11) is -3.16. The predicted octanol–water partition coefficient (Wildman–Crippen LogP) is 0.618. The summed E-state index contributed by atoms with van der Waals surface area (Å²) in [4.78, 5) is 12.0. The van der Waals surface area contributed by atoms with Crippen LogP contribution in [0, 0.1) is 6.92 Å². The molecule has 0 bridgehead atoms. The summed E-state index contributed by atoms with van der Waals surface area (Å²) in [5, 5.41) is 3.80. The highest BCUT2D eigenvalue weighted by Crippen LogP contribution is 2.14. The summed E-state index contributed by atoms with van der Waals surface area (Å²) >= 11 is 0. The number of nitrogen functional groups attached to an aromatic ring is 1. The Labute approximate surface area is 106 Å². The van der Waals surface area contributed by atoms with E-state index in [-0.39, 0.29) is 11.7 Å². The molecular weight excluding hydrogens is 252 g/mol. The number of aryl methyl sites for hydroxylation is 1. The van der Waals surface area contributed by atoms with Crippen LogP contribution < -0.4 is 11.1 Å². The van der Waals surface area contributed by atoms with Gasteiger partial charge in [0.1, 0.15) is 0 Å². The van der Waals surface area contributed by atoms with Crippen LogP contribution >= 0.6 is 0 Å². The van der Waals surface area contributed by atoms with Gasteiger partial charge in [0.25, 0.3) is 5.91 Å². The van der Waals surface area contributed by atoms with E-state index in [9.17, 15) is 13.2 Å². The van der Waals surface area contributed by atoms with Gasteiger partial charge in [-0.2, -0.15) is 0 Å². The Morgan fingerprint density at radius 1 is 1.44 bits per heavy atom. The standard InChI is InChI=1S/C12H14N2O3S/c1-8-6-9(13)2-3-11(8)12(15)14-10-4-5-18(16,17)7-10/h2-6,10H,7,13H2,1H3,(H,14,15). The van der Waals surface area contributed by atoms with Crippen LogP contribution in [0.25, 0.3) is 0 Å². The molecule has 0 aliphatic carbocycles. The summed E-state index contributed by atoms with van der Waals surface area (Å²) in [6.45, 7) is 1.78. The van der Waals surface area contributed by atoms with E-state index >= 15 is 0 Å². The third-order valence-corrected chi connectivity index (χ3v) is 4.14. The van der Waals surface area contributed by atoms with Crippen molar-refractivity contribution in [3.63, 3.8) is 0 Å². The maximum atomic E-state index is 12.0. The molecule has 1 amide bonds. The topological polar surface area (TPSA) is 89.3 Å². The lowest BCUT2D eigenvalue weighted by molar-refractivity contribution is 0.0947. The van der Waals surface area contributed by atoms with Crippen molar-refractivity contribution in [3.8, 4) is 0 Å². The van der Waals surface area contributed by atoms with Gasteiger partial charge in [0, 0.05) is 16.7 Å². The first-order valence-corrected chi connectivity index (χ1v) is 7.17. The molecule has 0 aromatic heterocycles. The minimum Gasteiger partial charge on any atom is -0.399 e. The number of carbonyl (C=O) groups excluding carboxylic acids is 1. The fraction of sp³-hybridized carbons (Fsp3) is 0.250. The molecule has 5 nitrogen and oxygen atoms in total. The van der Waals surface area contributed by atoms with Gasteiger partial charge in [0.2, 0.25) is 0 Å². The number of carbonyl (C=O) groups is 1. The lowest BCUT2D eigenvalue weighted by Gasteiger charge is -2.11. The Kier molecular flexibility index (Phi) is 3.13. The maximum absolute atomic E-state index is 12.0. The van der Waals surface area contributed by atoms with Crippen molar-refractivity contribution >= 4 is 21.4 Å². The number of benzene rings is 1. The first-order valence-electron chi connectivity index (χ1n) is 5.45. The molecule has 0 fully saturated rings. The summed E-state index contributed by atoms with van der Waals surface area (Å²) in [6.07, 6.45) is 1.49. The minimum atomic E-state index is -3.16. The van der Waals surface area contributed by atoms with Crippen LogP contribution in [0.4, 0.5) is 5.69 Å². The number of amides is 1. The number of anilines is 1. The summed E-state index contributed by atoms with van der Waals surface area (Å²) < 4.78 is 22.4. The number of sulfone groups is 1. The van der Waals surface area contributed by atoms with E-state index in [1.807, 2.05) is 0 Å². The molecule has 6 heteroatoms. The SMILES string of the molecule is Cc1cc(N)ccc1C(=O)NC1C=CS(=O)(=O)C1. The van der Waals surface area contributed by atoms with Gasteiger partial charge in [-0.1, -0.05) is 0 Å². The molecule has 0 saturated heterocycles. The number of nitrogens with one attached hydrogen (secondary N) is 1. The smallest absolute Gasteiger partial charge is 0.252 e. The second-order valence-corrected chi connectivity index (χ2v) is 6.24. The van der Waals surface area contributed by atoms with Crippen molar-refractivity contribution in [2.45, 2.75) is 13.0 Å². The highest BCUT2D eigenvalue weighted by molar-refractivity contribution is 7.94. The fourth-order valence-electron chi connectivity index (χ4n) is 1.85. The number of nitrogens with two attached hydrogens (primary N) is 1. The Balaban J connectivity index is 2.12. The van der Waals surface area contributed by atoms with E-state index in [1.54, 1.807) is 25.1 Å². The highest BCUT2D eigenvalue weighted by Gasteiger charge is 2.23. The molecule has 1 aromatic carbocycles. The largest absolute Gasteiger partial charge is 0.399 e. The molecule has 1 unspecified atom stereocenters. The van der Waals surface area contributed by atoms with Crippen LogP contribution in [0.1, 0.15) is 15.9 Å². The van der Waals surface area contributed by atoms with Crippen LogP contribution in [0.3, 0.4) is 0 Å². The van der Waals surface area contributed by atoms with Crippen LogP contribution in [-0.4, -0.2) is 26.1 Å². The van der Waals surface area contributed by atoms with Crippen molar-refractivity contribution in [2.75, 3.05) is 11.5 Å². The fourth-order valence-corrected chi connectivity index (χ4v) is 3.09. The van der Waals surface area contributed by atoms with E-state index < -0.39 is 15.9 Å². The molecule has 2 rings (SSSR count). The molecule has 1 aliphatic rings. The number of hydrogen-bond acceptors (Lipinski definition) is 4. The number of hydrogen-bond donors (Lipinski definition) is 2. The second kappa shape index (κ2) is 4.45. The first kappa shape index (κ1) is 12.6. The van der Waals surface area contributed by atoms with Crippen LogP contribution in [0.2, 0.25) is 0 Å². The Bertz CT molecular complexity index is 620. The molecule has 0 spiro atoms. The average Bonchev–Trinajstić information content (AvgIpc) is 2.57. The van der Waals surface area contributed by atoms with Gasteiger partial charge < -0.3 is 11.1 Å². The van der Waals surface area contributed by atoms with Gasteiger partial charge in [-0.05, 0) is 36.8 Å². The van der Waals surface area contributed by atoms with Crippen molar-refractivity contribution in [3.05, 3.63) is 40.8 Å². The quantitative estimate of drug-likeness (QED) is 0.768. The molecular formula is C12H14N2O3S. The highest BCUT2D eigenvalue weighted by atomic mass is 32.2. The van der Waals surface area contributed by atoms with Crippen molar-refractivity contribution in [1.82, 2.24) is 5.32 Å². The van der Waals surface area contributed by atoms with Crippen LogP contribution in [0.15, 0.2) is 29.7 Å². The number of rotatable bonds is 2. The zero-order chi connectivity index (χ0) is 13.3. The summed E-state index contributed by atoms with van der Waals surface area (Å²) in [5.41, 5.74) is 7.46. The maximum Gasteiger partial charge on any atom is 0.252 e. The van der Waals surface area contributed by atoms with E-state index in [0.29, 0.717) is 11.3 Å². The van der Waals surface area contributed by atoms with E-state index in [1.165, 1.54) is 6.08 Å². The molecule has 1 aromatic rings. The summed E-state index contributed by atoms with van der Waals surface area (Å²) in [6, 6.07) is 4.52. The normalized spacial score (nSPS) is 20.8. The lowest BCUT2D eigenvalue weighted by atomic mass is 10.1. The molecule has 96 valence electrons. The van der Waals surface area contributed by atoms with Gasteiger partial charge in [0.05, 0.1) is 11.8 Å². The molecule has 3 N–H and O–H groups in total. The van der Waals surface area contributed by atoms with Crippen LogP contribution in [-0.2, 0) is 9.84 Å². The molecule has 1 aliphatic heterocycles. The monoisotopic (exact) mass is 266 g/mol. The lowest BCUT2D eigenvalue weighted by Crippen LogP contribution is -2.35. The Morgan fingerprint density at radius 3 is 2.72 bits per heavy atom. The predicted molar refractivity (Wildman–Crippen MR) is 69.8 cm³/mol. The van der Waals surface area contributed by atoms with Gasteiger partial charge >= 0.3 is 0 Å². The first-order chi connectivity index (χ1) is 8.37. The Hall–Kier alpha value is -1.82. The minimum absolute atomic E-state index is 0.0766. The average molecular weight is 266 g/mol. The third-order valence-electron chi connectivity index (χ3n) is 2.74. The summed E-state index contributed by atoms with van der Waals surface area (Å²) in [5.74, 6) is -0.369. The van der Waals surface area contributed by atoms with Gasteiger partial charge in [-0.3, -0.25) is 4.79 Å². The molecule has 1 heterocycles. The molecule has 0 radical (unpaired) electrons. The zero-order valence-corrected chi connectivity index (χ0v) is 10.7. The molecule has 18 heavy (non-hydrogen) atoms. The van der Waals surface area contributed by atoms with E-state index in [4.69, 9.17) is 5.73 Å². The molecule has 0 saturated carbocycles. The zero-order valence-electron chi connectivity index (χ0n) is 9.88. The van der Waals surface area contributed by atoms with Gasteiger partial charge in [-0.15, -0.1) is 0 Å².